The van der Waals surface area contributed by atoms with E-state index in [0.717, 1.165) is 6.47 Å². The Hall–Kier alpha value is -1.43. The molecule has 0 rings (SSSR count). The van der Waals surface area contributed by atoms with Crippen molar-refractivity contribution in [1.82, 2.24) is 0 Å². The Morgan fingerprint density at radius 3 is 2.55 bits per heavy atom. The third kappa shape index (κ3) is 4.04. The Balaban J connectivity index is 3.81. The highest BCUT2D eigenvalue weighted by atomic mass is 16.6. The summed E-state index contributed by atoms with van der Waals surface area (Å²) in [6.07, 6.45) is -0.569. The highest BCUT2D eigenvalue weighted by molar-refractivity contribution is 5.85. The number of esters is 1. The van der Waals surface area contributed by atoms with Gasteiger partial charge in [-0.15, -0.1) is 0 Å². The molecule has 11 heavy (non-hydrogen) atoms. The molecule has 0 spiro atoms. The highest BCUT2D eigenvalue weighted by Gasteiger charge is 2.18. The Kier molecular flexibility index (Phi) is 3.82. The summed E-state index contributed by atoms with van der Waals surface area (Å²) in [5, 5.41) is 8.11. The fraction of sp³-hybridized carbons (Fsp3) is 0.400. The molecule has 0 aromatic carbocycles. The van der Waals surface area contributed by atoms with Crippen LogP contribution in [-0.2, 0) is 19.1 Å². The molecule has 0 saturated heterocycles. The third-order valence-electron chi connectivity index (χ3n) is 0.840. The smallest absolute Gasteiger partial charge is 0.425 e. The van der Waals surface area contributed by atoms with Gasteiger partial charge in [-0.25, -0.2) is 9.59 Å². The van der Waals surface area contributed by atoms with Gasteiger partial charge < -0.3 is 15.6 Å². The normalized spacial score (nSPS) is 11.7. The van der Waals surface area contributed by atoms with E-state index in [1.54, 1.807) is 0 Å². The molecule has 0 aliphatic rings. The lowest BCUT2D eigenvalue weighted by Gasteiger charge is -2.02. The molecule has 0 heterocycles. The Morgan fingerprint density at radius 2 is 2.18 bits per heavy atom. The summed E-state index contributed by atoms with van der Waals surface area (Å²) in [7, 11) is 0. The molecule has 0 aromatic heterocycles. The van der Waals surface area contributed by atoms with E-state index in [4.69, 9.17) is 10.8 Å². The van der Waals surface area contributed by atoms with Crippen molar-refractivity contribution in [3.05, 3.63) is 0 Å². The number of hydrogen-bond donors (Lipinski definition) is 2. The van der Waals surface area contributed by atoms with Gasteiger partial charge in [-0.05, 0) is 0 Å². The molecule has 6 heteroatoms. The van der Waals surface area contributed by atoms with Gasteiger partial charge in [0.1, 0.15) is 6.04 Å². The fourth-order valence-electron chi connectivity index (χ4n) is 0.388. The third-order valence-corrected chi connectivity index (χ3v) is 0.840. The maximum absolute atomic E-state index is 10.4. The second-order valence-electron chi connectivity index (χ2n) is 1.71. The molecule has 1 atom stereocenters. The van der Waals surface area contributed by atoms with E-state index in [0.29, 0.717) is 0 Å². The summed E-state index contributed by atoms with van der Waals surface area (Å²) in [5.74, 6) is -2.33. The van der Waals surface area contributed by atoms with Gasteiger partial charge in [0.2, 0.25) is 0 Å². The van der Waals surface area contributed by atoms with Crippen LogP contribution in [0.5, 0.6) is 0 Å². The number of carbonyl (C=O) groups excluding carboxylic acids is 2. The van der Waals surface area contributed by atoms with Crippen molar-refractivity contribution < 1.29 is 24.2 Å². The number of nitrogens with two attached hydrogens (primary N) is 1. The largest absolute Gasteiger partial charge is 0.481 e. The summed E-state index contributed by atoms with van der Waals surface area (Å²) in [6.45, 7) is 0.849. The van der Waals surface area contributed by atoms with Crippen molar-refractivity contribution in [2.45, 2.75) is 12.5 Å². The first-order valence-corrected chi connectivity index (χ1v) is 2.63. The topological polar surface area (TPSA) is 107 Å². The molecule has 0 aliphatic heterocycles. The zero-order valence-electron chi connectivity index (χ0n) is 5.44. The van der Waals surface area contributed by atoms with Gasteiger partial charge in [0.15, 0.2) is 0 Å². The lowest BCUT2D eigenvalue weighted by molar-refractivity contribution is -0.144. The number of carboxylic acid groups (broad SMARTS) is 1. The number of rotatable bonds is 4. The van der Waals surface area contributed by atoms with Crippen LogP contribution >= 0.6 is 0 Å². The molecule has 61 valence electrons. The number of carbonyl (C=O) groups is 2. The van der Waals surface area contributed by atoms with Gasteiger partial charge in [-0.3, -0.25) is 4.79 Å². The minimum atomic E-state index is -1.31. The van der Waals surface area contributed by atoms with E-state index in [1.807, 2.05) is 0 Å². The van der Waals surface area contributed by atoms with Gasteiger partial charge in [0.25, 0.3) is 0 Å². The van der Waals surface area contributed by atoms with Crippen molar-refractivity contribution in [2.75, 3.05) is 0 Å². The first-order chi connectivity index (χ1) is 5.07. The first kappa shape index (κ1) is 9.57. The van der Waals surface area contributed by atoms with Crippen molar-refractivity contribution >= 4 is 18.4 Å². The molecule has 0 saturated carbocycles. The number of aliphatic carboxylic acids is 1. The summed E-state index contributed by atoms with van der Waals surface area (Å²) in [4.78, 5) is 29.8. The highest BCUT2D eigenvalue weighted by Crippen LogP contribution is 1.90. The van der Waals surface area contributed by atoms with Crippen LogP contribution in [0.25, 0.3) is 0 Å². The molecular formula is C5H6NO5. The second-order valence-corrected chi connectivity index (χ2v) is 1.71. The minimum absolute atomic E-state index is 0.569. The summed E-state index contributed by atoms with van der Waals surface area (Å²) < 4.78 is 3.67. The van der Waals surface area contributed by atoms with Crippen LogP contribution in [0.2, 0.25) is 0 Å². The molecule has 1 radical (unpaired) electrons. The summed E-state index contributed by atoms with van der Waals surface area (Å²) in [6, 6.07) is -1.31. The fourth-order valence-corrected chi connectivity index (χ4v) is 0.388. The quantitative estimate of drug-likeness (QED) is 0.379. The van der Waals surface area contributed by atoms with Crippen LogP contribution in [-0.4, -0.2) is 29.6 Å². The molecule has 0 fully saturated rings. The monoisotopic (exact) mass is 160 g/mol. The van der Waals surface area contributed by atoms with Gasteiger partial charge in [0, 0.05) is 0 Å². The Morgan fingerprint density at radius 1 is 1.64 bits per heavy atom. The van der Waals surface area contributed by atoms with Crippen molar-refractivity contribution in [2.24, 2.45) is 5.73 Å². The Labute approximate surface area is 61.9 Å². The molecule has 0 aliphatic carbocycles. The van der Waals surface area contributed by atoms with E-state index in [9.17, 15) is 14.4 Å². The van der Waals surface area contributed by atoms with Crippen LogP contribution in [0.3, 0.4) is 0 Å². The minimum Gasteiger partial charge on any atom is -0.481 e. The second kappa shape index (κ2) is 4.40. The molecule has 6 nitrogen and oxygen atoms in total. The van der Waals surface area contributed by atoms with Crippen LogP contribution in [0.15, 0.2) is 0 Å². The average Bonchev–Trinajstić information content (AvgIpc) is 1.86. The maximum Gasteiger partial charge on any atom is 0.425 e. The summed E-state index contributed by atoms with van der Waals surface area (Å²) in [5.41, 5.74) is 4.97. The number of carboxylic acids is 1. The average molecular weight is 160 g/mol. The zero-order valence-corrected chi connectivity index (χ0v) is 5.44. The van der Waals surface area contributed by atoms with Gasteiger partial charge >= 0.3 is 18.4 Å². The lowest BCUT2D eigenvalue weighted by Crippen LogP contribution is -2.34. The van der Waals surface area contributed by atoms with Crippen LogP contribution in [0.4, 0.5) is 0 Å². The molecular weight excluding hydrogens is 154 g/mol. The van der Waals surface area contributed by atoms with Crippen LogP contribution in [0, 0.1) is 0 Å². The van der Waals surface area contributed by atoms with Gasteiger partial charge in [-0.2, -0.15) is 0 Å². The predicted molar refractivity (Wildman–Crippen MR) is 32.0 cm³/mol. The van der Waals surface area contributed by atoms with E-state index in [-0.39, 0.29) is 0 Å². The van der Waals surface area contributed by atoms with Gasteiger partial charge in [-0.1, -0.05) is 0 Å². The van der Waals surface area contributed by atoms with Crippen molar-refractivity contribution in [3.63, 3.8) is 0 Å². The van der Waals surface area contributed by atoms with Crippen molar-refractivity contribution in [1.29, 1.82) is 0 Å². The number of ether oxygens (including phenoxy) is 1. The van der Waals surface area contributed by atoms with E-state index in [1.165, 1.54) is 0 Å². The Bertz CT molecular complexity index is 178. The summed E-state index contributed by atoms with van der Waals surface area (Å²) >= 11 is 0. The molecule has 3 N–H and O–H groups in total. The standard InChI is InChI=1S/C5H6NO5/c6-3(1-4(8)9)5(10)11-2-7/h3H,1,6H2,(H,8,9)/t3-/m0/s1. The SMILES string of the molecule is N[C@@H](CC(=O)O)C(=O)O[C]=O. The maximum atomic E-state index is 10.4. The van der Waals surface area contributed by atoms with Crippen LogP contribution < -0.4 is 5.73 Å². The molecule has 0 unspecified atom stereocenters. The van der Waals surface area contributed by atoms with Gasteiger partial charge in [0.05, 0.1) is 6.42 Å². The molecule has 0 bridgehead atoms. The van der Waals surface area contributed by atoms with E-state index in [2.05, 4.69) is 4.74 Å². The van der Waals surface area contributed by atoms with E-state index < -0.39 is 24.4 Å². The van der Waals surface area contributed by atoms with E-state index >= 15 is 0 Å². The zero-order chi connectivity index (χ0) is 8.85. The lowest BCUT2D eigenvalue weighted by atomic mass is 10.2. The molecule has 0 aromatic rings. The molecule has 0 amide bonds. The first-order valence-electron chi connectivity index (χ1n) is 2.63. The number of hydrogen-bond acceptors (Lipinski definition) is 5. The van der Waals surface area contributed by atoms with Crippen molar-refractivity contribution in [3.8, 4) is 0 Å². The predicted octanol–water partition coefficient (Wildman–Crippen LogP) is -1.60. The van der Waals surface area contributed by atoms with Crippen LogP contribution in [0.1, 0.15) is 6.42 Å².